The van der Waals surface area contributed by atoms with Gasteiger partial charge >= 0.3 is 0 Å². The third-order valence-electron chi connectivity index (χ3n) is 2.44. The molecule has 0 aliphatic rings. The number of rotatable bonds is 5. The van der Waals surface area contributed by atoms with Crippen molar-refractivity contribution < 1.29 is 4.74 Å². The molecule has 1 aromatic rings. The van der Waals surface area contributed by atoms with E-state index in [1.165, 1.54) is 0 Å². The second-order valence-electron chi connectivity index (χ2n) is 3.49. The summed E-state index contributed by atoms with van der Waals surface area (Å²) in [7, 11) is 0. The van der Waals surface area contributed by atoms with Gasteiger partial charge in [0.15, 0.2) is 0 Å². The van der Waals surface area contributed by atoms with E-state index in [9.17, 15) is 0 Å². The van der Waals surface area contributed by atoms with Gasteiger partial charge in [-0.1, -0.05) is 37.3 Å². The van der Waals surface area contributed by atoms with Crippen LogP contribution in [0.4, 0.5) is 0 Å². The minimum absolute atomic E-state index is 0.384. The molecule has 0 aromatic heterocycles. The largest absolute Gasteiger partial charge is 0.348 e. The number of ether oxygens (including phenoxy) is 1. The molecule has 0 N–H and O–H groups in total. The van der Waals surface area contributed by atoms with Crippen molar-refractivity contribution in [2.75, 3.05) is 6.61 Å². The first-order valence-electron chi connectivity index (χ1n) is 5.26. The predicted molar refractivity (Wildman–Crippen MR) is 60.3 cm³/mol. The summed E-state index contributed by atoms with van der Waals surface area (Å²) in [6.07, 6.45) is 1.10. The average Bonchev–Trinajstić information content (AvgIpc) is 2.37. The molecule has 0 heterocycles. The van der Waals surface area contributed by atoms with Gasteiger partial charge in [0.25, 0.3) is 0 Å². The van der Waals surface area contributed by atoms with Crippen LogP contribution in [0.3, 0.4) is 0 Å². The van der Waals surface area contributed by atoms with Gasteiger partial charge in [-0.05, 0) is 12.0 Å². The van der Waals surface area contributed by atoms with Crippen LogP contribution in [0.15, 0.2) is 30.3 Å². The van der Waals surface area contributed by atoms with Crippen LogP contribution in [0, 0.1) is 22.7 Å². The summed E-state index contributed by atoms with van der Waals surface area (Å²) in [5.41, 5.74) is -0.141. The van der Waals surface area contributed by atoms with E-state index in [1.54, 1.807) is 6.92 Å². The number of nitriles is 2. The minimum atomic E-state index is -1.28. The Labute approximate surface area is 95.9 Å². The van der Waals surface area contributed by atoms with Gasteiger partial charge in [-0.15, -0.1) is 0 Å². The fourth-order valence-corrected chi connectivity index (χ4v) is 1.34. The van der Waals surface area contributed by atoms with Crippen molar-refractivity contribution in [3.63, 3.8) is 0 Å². The smallest absolute Gasteiger partial charge is 0.240 e. The van der Waals surface area contributed by atoms with Crippen molar-refractivity contribution >= 4 is 0 Å². The minimum Gasteiger partial charge on any atom is -0.348 e. The standard InChI is InChI=1S/C13H14N2O/c1-2-13(10-14,11-15)16-9-8-12-6-4-3-5-7-12/h3-7H,2,8-9H2,1H3. The SMILES string of the molecule is CCC(C#N)(C#N)OCCc1ccccc1. The Morgan fingerprint density at radius 1 is 1.19 bits per heavy atom. The summed E-state index contributed by atoms with van der Waals surface area (Å²) in [6.45, 7) is 2.16. The van der Waals surface area contributed by atoms with Crippen molar-refractivity contribution in [1.29, 1.82) is 10.5 Å². The summed E-state index contributed by atoms with van der Waals surface area (Å²) in [5.74, 6) is 0. The third-order valence-corrected chi connectivity index (χ3v) is 2.44. The molecule has 82 valence electrons. The van der Waals surface area contributed by atoms with E-state index >= 15 is 0 Å². The van der Waals surface area contributed by atoms with Gasteiger partial charge in [0, 0.05) is 6.42 Å². The first-order chi connectivity index (χ1) is 7.76. The molecule has 0 fully saturated rings. The van der Waals surface area contributed by atoms with Crippen LogP contribution in [-0.2, 0) is 11.2 Å². The van der Waals surface area contributed by atoms with Crippen LogP contribution in [0.25, 0.3) is 0 Å². The molecule has 0 radical (unpaired) electrons. The van der Waals surface area contributed by atoms with E-state index in [0.29, 0.717) is 19.4 Å². The molecular formula is C13H14N2O. The van der Waals surface area contributed by atoms with Gasteiger partial charge in [0.05, 0.1) is 6.61 Å². The molecule has 0 saturated carbocycles. The first-order valence-corrected chi connectivity index (χ1v) is 5.26. The van der Waals surface area contributed by atoms with Gasteiger partial charge in [0.2, 0.25) is 5.60 Å². The molecular weight excluding hydrogens is 200 g/mol. The van der Waals surface area contributed by atoms with Crippen molar-refractivity contribution in [1.82, 2.24) is 0 Å². The normalized spacial score (nSPS) is 10.4. The van der Waals surface area contributed by atoms with E-state index in [-0.39, 0.29) is 0 Å². The number of hydrogen-bond acceptors (Lipinski definition) is 3. The summed E-state index contributed by atoms with van der Waals surface area (Å²) >= 11 is 0. The molecule has 0 spiro atoms. The predicted octanol–water partition coefficient (Wildman–Crippen LogP) is 2.44. The van der Waals surface area contributed by atoms with Gasteiger partial charge in [0.1, 0.15) is 12.1 Å². The zero-order chi connectivity index (χ0) is 11.9. The molecule has 0 aliphatic heterocycles. The molecule has 1 aromatic carbocycles. The monoisotopic (exact) mass is 214 g/mol. The van der Waals surface area contributed by atoms with Crippen LogP contribution in [0.2, 0.25) is 0 Å². The molecule has 0 atom stereocenters. The molecule has 16 heavy (non-hydrogen) atoms. The number of hydrogen-bond donors (Lipinski definition) is 0. The average molecular weight is 214 g/mol. The lowest BCUT2D eigenvalue weighted by molar-refractivity contribution is 0.0383. The quantitative estimate of drug-likeness (QED) is 0.756. The summed E-state index contributed by atoms with van der Waals surface area (Å²) in [6, 6.07) is 13.7. The van der Waals surface area contributed by atoms with Crippen LogP contribution in [0.1, 0.15) is 18.9 Å². The molecule has 0 saturated heterocycles. The van der Waals surface area contributed by atoms with Gasteiger partial charge in [-0.25, -0.2) is 0 Å². The second-order valence-corrected chi connectivity index (χ2v) is 3.49. The van der Waals surface area contributed by atoms with Crippen LogP contribution in [-0.4, -0.2) is 12.2 Å². The number of benzene rings is 1. The van der Waals surface area contributed by atoms with Gasteiger partial charge < -0.3 is 4.74 Å². The van der Waals surface area contributed by atoms with E-state index in [2.05, 4.69) is 0 Å². The van der Waals surface area contributed by atoms with Crippen molar-refractivity contribution in [2.24, 2.45) is 0 Å². The van der Waals surface area contributed by atoms with E-state index in [0.717, 1.165) is 5.56 Å². The Bertz CT molecular complexity index is 386. The number of nitrogens with zero attached hydrogens (tertiary/aromatic N) is 2. The lowest BCUT2D eigenvalue weighted by Crippen LogP contribution is -2.28. The van der Waals surface area contributed by atoms with E-state index in [1.807, 2.05) is 42.5 Å². The Morgan fingerprint density at radius 3 is 2.31 bits per heavy atom. The second kappa shape index (κ2) is 5.90. The molecule has 0 amide bonds. The lowest BCUT2D eigenvalue weighted by atomic mass is 10.1. The van der Waals surface area contributed by atoms with Crippen molar-refractivity contribution in [3.05, 3.63) is 35.9 Å². The molecule has 0 bridgehead atoms. The molecule has 3 heteroatoms. The maximum Gasteiger partial charge on any atom is 0.240 e. The highest BCUT2D eigenvalue weighted by atomic mass is 16.5. The highest BCUT2D eigenvalue weighted by Gasteiger charge is 2.28. The molecule has 3 nitrogen and oxygen atoms in total. The van der Waals surface area contributed by atoms with E-state index < -0.39 is 5.60 Å². The van der Waals surface area contributed by atoms with Crippen molar-refractivity contribution in [3.8, 4) is 12.1 Å². The maximum atomic E-state index is 8.88. The highest BCUT2D eigenvalue weighted by Crippen LogP contribution is 2.14. The molecule has 0 unspecified atom stereocenters. The van der Waals surface area contributed by atoms with Gasteiger partial charge in [-0.2, -0.15) is 10.5 Å². The highest BCUT2D eigenvalue weighted by molar-refractivity contribution is 5.18. The summed E-state index contributed by atoms with van der Waals surface area (Å²) < 4.78 is 5.36. The van der Waals surface area contributed by atoms with Gasteiger partial charge in [-0.3, -0.25) is 0 Å². The molecule has 1 rings (SSSR count). The lowest BCUT2D eigenvalue weighted by Gasteiger charge is -2.16. The fourth-order valence-electron chi connectivity index (χ4n) is 1.34. The zero-order valence-corrected chi connectivity index (χ0v) is 9.31. The molecule has 0 aliphatic carbocycles. The first kappa shape index (κ1) is 12.2. The topological polar surface area (TPSA) is 56.8 Å². The maximum absolute atomic E-state index is 8.88. The summed E-state index contributed by atoms with van der Waals surface area (Å²) in [5, 5.41) is 17.8. The van der Waals surface area contributed by atoms with Crippen LogP contribution in [0.5, 0.6) is 0 Å². The van der Waals surface area contributed by atoms with Crippen LogP contribution < -0.4 is 0 Å². The Kier molecular flexibility index (Phi) is 4.51. The fraction of sp³-hybridized carbons (Fsp3) is 0.385. The van der Waals surface area contributed by atoms with Crippen molar-refractivity contribution in [2.45, 2.75) is 25.4 Å². The summed E-state index contributed by atoms with van der Waals surface area (Å²) in [4.78, 5) is 0. The van der Waals surface area contributed by atoms with E-state index in [4.69, 9.17) is 15.3 Å². The Hall–Kier alpha value is -1.84. The third kappa shape index (κ3) is 3.08. The zero-order valence-electron chi connectivity index (χ0n) is 9.31. The Balaban J connectivity index is 2.48. The Morgan fingerprint density at radius 2 is 1.81 bits per heavy atom. The van der Waals surface area contributed by atoms with Crippen LogP contribution >= 0.6 is 0 Å².